The molecule has 0 fully saturated rings. The highest BCUT2D eigenvalue weighted by atomic mass is 79.9. The molecular weight excluding hydrogens is 338 g/mol. The van der Waals surface area contributed by atoms with Gasteiger partial charge in [0.1, 0.15) is 23.3 Å². The van der Waals surface area contributed by atoms with Crippen LogP contribution in [0.25, 0.3) is 0 Å². The van der Waals surface area contributed by atoms with Crippen molar-refractivity contribution in [3.8, 4) is 0 Å². The Hall–Kier alpha value is -1.40. The summed E-state index contributed by atoms with van der Waals surface area (Å²) in [4.78, 5) is 0. The SMILES string of the molecule is Fc1ccc(CNCc2c(F)ccc(Br)c2F)c(F)c1. The molecule has 1 N–H and O–H groups in total. The van der Waals surface area contributed by atoms with Crippen molar-refractivity contribution in [3.63, 3.8) is 0 Å². The van der Waals surface area contributed by atoms with Gasteiger partial charge in [0.15, 0.2) is 0 Å². The molecule has 0 aliphatic rings. The lowest BCUT2D eigenvalue weighted by Crippen LogP contribution is -2.16. The molecule has 0 saturated carbocycles. The summed E-state index contributed by atoms with van der Waals surface area (Å²) in [6.07, 6.45) is 0. The number of nitrogens with one attached hydrogen (secondary N) is 1. The van der Waals surface area contributed by atoms with Crippen LogP contribution < -0.4 is 5.32 Å². The Kier molecular flexibility index (Phi) is 4.77. The summed E-state index contributed by atoms with van der Waals surface area (Å²) in [6, 6.07) is 5.58. The minimum Gasteiger partial charge on any atom is -0.308 e. The second kappa shape index (κ2) is 6.37. The second-order valence-corrected chi connectivity index (χ2v) is 5.02. The van der Waals surface area contributed by atoms with E-state index in [1.54, 1.807) is 0 Å². The molecule has 20 heavy (non-hydrogen) atoms. The third-order valence-electron chi connectivity index (χ3n) is 2.77. The molecule has 2 aromatic rings. The largest absolute Gasteiger partial charge is 0.308 e. The molecular formula is C14H10BrF4N. The number of rotatable bonds is 4. The number of halogens is 5. The maximum atomic E-state index is 13.7. The van der Waals surface area contributed by atoms with Crippen molar-refractivity contribution in [2.75, 3.05) is 0 Å². The van der Waals surface area contributed by atoms with Crippen LogP contribution in [-0.4, -0.2) is 0 Å². The third kappa shape index (κ3) is 3.37. The topological polar surface area (TPSA) is 12.0 Å². The maximum absolute atomic E-state index is 13.7. The first-order chi connectivity index (χ1) is 9.49. The highest BCUT2D eigenvalue weighted by Crippen LogP contribution is 2.21. The number of benzene rings is 2. The van der Waals surface area contributed by atoms with Crippen molar-refractivity contribution in [2.45, 2.75) is 13.1 Å². The Balaban J connectivity index is 2.05. The number of hydrogen-bond donors (Lipinski definition) is 1. The predicted octanol–water partition coefficient (Wildman–Crippen LogP) is 4.30. The van der Waals surface area contributed by atoms with Crippen LogP contribution in [0.1, 0.15) is 11.1 Å². The molecule has 0 amide bonds. The van der Waals surface area contributed by atoms with E-state index in [4.69, 9.17) is 0 Å². The highest BCUT2D eigenvalue weighted by molar-refractivity contribution is 9.10. The van der Waals surface area contributed by atoms with E-state index < -0.39 is 23.3 Å². The van der Waals surface area contributed by atoms with Gasteiger partial charge in [-0.3, -0.25) is 0 Å². The standard InChI is InChI=1S/C14H10BrF4N/c15-11-3-4-12(17)10(14(11)19)7-20-6-8-1-2-9(16)5-13(8)18/h1-5,20H,6-7H2. The summed E-state index contributed by atoms with van der Waals surface area (Å²) < 4.78 is 53.4. The van der Waals surface area contributed by atoms with Crippen molar-refractivity contribution < 1.29 is 17.6 Å². The zero-order valence-electron chi connectivity index (χ0n) is 10.2. The Labute approximate surface area is 121 Å². The van der Waals surface area contributed by atoms with E-state index in [-0.39, 0.29) is 28.7 Å². The molecule has 6 heteroatoms. The summed E-state index contributed by atoms with van der Waals surface area (Å²) in [7, 11) is 0. The van der Waals surface area contributed by atoms with Crippen LogP contribution in [0.4, 0.5) is 17.6 Å². The Morgan fingerprint density at radius 3 is 2.35 bits per heavy atom. The molecule has 106 valence electrons. The molecule has 0 bridgehead atoms. The van der Waals surface area contributed by atoms with Crippen LogP contribution in [-0.2, 0) is 13.1 Å². The van der Waals surface area contributed by atoms with Crippen LogP contribution in [0.15, 0.2) is 34.8 Å². The molecule has 0 aliphatic heterocycles. The van der Waals surface area contributed by atoms with Gasteiger partial charge >= 0.3 is 0 Å². The Bertz CT molecular complexity index is 631. The van der Waals surface area contributed by atoms with Gasteiger partial charge in [0.2, 0.25) is 0 Å². The Morgan fingerprint density at radius 2 is 1.65 bits per heavy atom. The van der Waals surface area contributed by atoms with Gasteiger partial charge in [-0.1, -0.05) is 6.07 Å². The average molecular weight is 348 g/mol. The van der Waals surface area contributed by atoms with Gasteiger partial charge in [0.25, 0.3) is 0 Å². The minimum atomic E-state index is -0.701. The fourth-order valence-electron chi connectivity index (χ4n) is 1.72. The molecule has 0 aliphatic carbocycles. The van der Waals surface area contributed by atoms with Gasteiger partial charge < -0.3 is 5.32 Å². The molecule has 0 atom stereocenters. The van der Waals surface area contributed by atoms with Crippen molar-refractivity contribution in [3.05, 3.63) is 69.2 Å². The lowest BCUT2D eigenvalue weighted by atomic mass is 10.1. The molecule has 0 unspecified atom stereocenters. The summed E-state index contributed by atoms with van der Waals surface area (Å²) >= 11 is 2.97. The fourth-order valence-corrected chi connectivity index (χ4v) is 2.09. The maximum Gasteiger partial charge on any atom is 0.144 e. The van der Waals surface area contributed by atoms with Crippen LogP contribution in [0.5, 0.6) is 0 Å². The fraction of sp³-hybridized carbons (Fsp3) is 0.143. The van der Waals surface area contributed by atoms with Gasteiger partial charge in [0, 0.05) is 30.3 Å². The van der Waals surface area contributed by atoms with Crippen LogP contribution in [0.3, 0.4) is 0 Å². The molecule has 0 spiro atoms. The Morgan fingerprint density at radius 1 is 0.900 bits per heavy atom. The van der Waals surface area contributed by atoms with Crippen molar-refractivity contribution in [1.29, 1.82) is 0 Å². The zero-order valence-corrected chi connectivity index (χ0v) is 11.8. The van der Waals surface area contributed by atoms with Crippen LogP contribution >= 0.6 is 15.9 Å². The van der Waals surface area contributed by atoms with Crippen molar-refractivity contribution in [1.82, 2.24) is 5.32 Å². The van der Waals surface area contributed by atoms with Gasteiger partial charge in [-0.25, -0.2) is 17.6 Å². The van der Waals surface area contributed by atoms with E-state index in [0.29, 0.717) is 0 Å². The van der Waals surface area contributed by atoms with E-state index in [2.05, 4.69) is 21.2 Å². The molecule has 2 aromatic carbocycles. The van der Waals surface area contributed by atoms with Gasteiger partial charge in [-0.05, 0) is 34.1 Å². The normalized spacial score (nSPS) is 10.8. The van der Waals surface area contributed by atoms with E-state index in [9.17, 15) is 17.6 Å². The number of hydrogen-bond acceptors (Lipinski definition) is 1. The van der Waals surface area contributed by atoms with Gasteiger partial charge in [-0.2, -0.15) is 0 Å². The smallest absolute Gasteiger partial charge is 0.144 e. The molecule has 1 nitrogen and oxygen atoms in total. The quantitative estimate of drug-likeness (QED) is 0.642. The summed E-state index contributed by atoms with van der Waals surface area (Å²) in [5.74, 6) is -2.75. The average Bonchev–Trinajstić information content (AvgIpc) is 2.40. The lowest BCUT2D eigenvalue weighted by molar-refractivity contribution is 0.524. The second-order valence-electron chi connectivity index (χ2n) is 4.16. The first kappa shape index (κ1) is 15.0. The van der Waals surface area contributed by atoms with Crippen LogP contribution in [0.2, 0.25) is 0 Å². The summed E-state index contributed by atoms with van der Waals surface area (Å²) in [5.41, 5.74) is 0.0871. The van der Waals surface area contributed by atoms with E-state index in [0.717, 1.165) is 18.2 Å². The van der Waals surface area contributed by atoms with Crippen LogP contribution in [0, 0.1) is 23.3 Å². The molecule has 0 saturated heterocycles. The van der Waals surface area contributed by atoms with E-state index in [1.807, 2.05) is 0 Å². The molecule has 0 radical (unpaired) electrons. The summed E-state index contributed by atoms with van der Waals surface area (Å²) in [6.45, 7) is -0.0641. The van der Waals surface area contributed by atoms with Crippen molar-refractivity contribution >= 4 is 15.9 Å². The first-order valence-corrected chi connectivity index (χ1v) is 6.55. The monoisotopic (exact) mass is 347 g/mol. The first-order valence-electron chi connectivity index (χ1n) is 5.76. The van der Waals surface area contributed by atoms with E-state index in [1.165, 1.54) is 12.1 Å². The van der Waals surface area contributed by atoms with Gasteiger partial charge in [-0.15, -0.1) is 0 Å². The zero-order chi connectivity index (χ0) is 14.7. The van der Waals surface area contributed by atoms with Gasteiger partial charge in [0.05, 0.1) is 4.47 Å². The predicted molar refractivity (Wildman–Crippen MR) is 71.0 cm³/mol. The minimum absolute atomic E-state index is 0.0392. The van der Waals surface area contributed by atoms with E-state index >= 15 is 0 Å². The molecule has 0 aromatic heterocycles. The lowest BCUT2D eigenvalue weighted by Gasteiger charge is -2.09. The molecule has 2 rings (SSSR count). The summed E-state index contributed by atoms with van der Waals surface area (Å²) in [5, 5.41) is 2.72. The van der Waals surface area contributed by atoms with Crippen molar-refractivity contribution in [2.24, 2.45) is 0 Å². The highest BCUT2D eigenvalue weighted by Gasteiger charge is 2.12. The molecule has 0 heterocycles. The third-order valence-corrected chi connectivity index (χ3v) is 3.38.